The first kappa shape index (κ1) is 17.0. The van der Waals surface area contributed by atoms with E-state index in [0.717, 1.165) is 7.05 Å². The fourth-order valence-corrected chi connectivity index (χ4v) is 1.60. The fourth-order valence-electron chi connectivity index (χ4n) is 1.60. The van der Waals surface area contributed by atoms with Gasteiger partial charge in [0, 0.05) is 19.6 Å². The van der Waals surface area contributed by atoms with Crippen LogP contribution in [0, 0.1) is 5.92 Å². The molecule has 1 amide bonds. The van der Waals surface area contributed by atoms with Gasteiger partial charge in [-0.1, -0.05) is 6.08 Å². The van der Waals surface area contributed by atoms with Crippen molar-refractivity contribution in [1.29, 1.82) is 0 Å². The Labute approximate surface area is 106 Å². The summed E-state index contributed by atoms with van der Waals surface area (Å²) in [5, 5.41) is 0. The van der Waals surface area contributed by atoms with Crippen LogP contribution in [0.15, 0.2) is 12.7 Å². The van der Waals surface area contributed by atoms with E-state index < -0.39 is 12.1 Å². The van der Waals surface area contributed by atoms with Crippen LogP contribution in [0.2, 0.25) is 0 Å². The molecule has 0 saturated carbocycles. The van der Waals surface area contributed by atoms with E-state index in [2.05, 4.69) is 6.58 Å². The van der Waals surface area contributed by atoms with Crippen LogP contribution in [0.25, 0.3) is 0 Å². The molecular weight excluding hydrogens is 245 g/mol. The predicted molar refractivity (Wildman–Crippen MR) is 65.1 cm³/mol. The summed E-state index contributed by atoms with van der Waals surface area (Å²) in [4.78, 5) is 13.6. The summed E-state index contributed by atoms with van der Waals surface area (Å²) >= 11 is 0. The van der Waals surface area contributed by atoms with E-state index in [1.54, 1.807) is 6.08 Å². The van der Waals surface area contributed by atoms with Gasteiger partial charge in [-0.3, -0.25) is 4.79 Å². The lowest BCUT2D eigenvalue weighted by Gasteiger charge is -2.28. The minimum atomic E-state index is -4.80. The summed E-state index contributed by atoms with van der Waals surface area (Å²) < 4.78 is 36.5. The molecule has 0 aromatic carbocycles. The molecule has 6 heteroatoms. The Bertz CT molecular complexity index is 290. The zero-order valence-electron chi connectivity index (χ0n) is 11.3. The molecule has 0 aliphatic rings. The number of nitrogens with zero attached hydrogens (tertiary/aromatic N) is 2. The highest BCUT2D eigenvalue weighted by molar-refractivity contribution is 5.81. The number of alkyl halides is 3. The maximum Gasteiger partial charge on any atom is 0.471 e. The van der Waals surface area contributed by atoms with Gasteiger partial charge in [0.2, 0.25) is 0 Å². The second-order valence-corrected chi connectivity index (χ2v) is 4.62. The lowest BCUT2D eigenvalue weighted by atomic mass is 9.96. The first-order valence-electron chi connectivity index (χ1n) is 5.72. The minimum absolute atomic E-state index is 0.0449. The molecule has 0 bridgehead atoms. The number of carbonyl (C=O) groups excluding carboxylic acids is 1. The normalized spacial score (nSPS) is 15.3. The maximum absolute atomic E-state index is 12.2. The van der Waals surface area contributed by atoms with Crippen LogP contribution in [-0.4, -0.2) is 55.6 Å². The smallest absolute Gasteiger partial charge is 0.338 e. The molecule has 0 rings (SSSR count). The van der Waals surface area contributed by atoms with Crippen molar-refractivity contribution in [3.8, 4) is 0 Å². The summed E-state index contributed by atoms with van der Waals surface area (Å²) in [5.74, 6) is -1.76. The van der Waals surface area contributed by atoms with Crippen molar-refractivity contribution >= 4 is 5.91 Å². The average molecular weight is 266 g/mol. The predicted octanol–water partition coefficient (Wildman–Crippen LogP) is 2.15. The Balaban J connectivity index is 4.38. The largest absolute Gasteiger partial charge is 0.471 e. The van der Waals surface area contributed by atoms with E-state index in [-0.39, 0.29) is 18.5 Å². The van der Waals surface area contributed by atoms with Gasteiger partial charge in [-0.2, -0.15) is 13.2 Å². The topological polar surface area (TPSA) is 23.6 Å². The monoisotopic (exact) mass is 266 g/mol. The van der Waals surface area contributed by atoms with E-state index in [1.807, 2.05) is 25.9 Å². The Morgan fingerprint density at radius 3 is 2.17 bits per heavy atom. The molecule has 106 valence electrons. The zero-order chi connectivity index (χ0) is 14.5. The molecule has 0 saturated heterocycles. The van der Waals surface area contributed by atoms with Gasteiger partial charge in [0.25, 0.3) is 0 Å². The number of rotatable bonds is 6. The van der Waals surface area contributed by atoms with E-state index >= 15 is 0 Å². The lowest BCUT2D eigenvalue weighted by molar-refractivity contribution is -0.184. The van der Waals surface area contributed by atoms with Crippen molar-refractivity contribution < 1.29 is 18.0 Å². The van der Waals surface area contributed by atoms with Crippen LogP contribution in [0.3, 0.4) is 0 Å². The first-order chi connectivity index (χ1) is 8.11. The quantitative estimate of drug-likeness (QED) is 0.688. The van der Waals surface area contributed by atoms with Gasteiger partial charge in [-0.15, -0.1) is 6.58 Å². The Morgan fingerprint density at radius 1 is 1.33 bits per heavy atom. The zero-order valence-corrected chi connectivity index (χ0v) is 11.3. The van der Waals surface area contributed by atoms with Crippen molar-refractivity contribution in [3.05, 3.63) is 12.7 Å². The molecule has 0 aliphatic carbocycles. The van der Waals surface area contributed by atoms with Gasteiger partial charge >= 0.3 is 12.1 Å². The Hall–Kier alpha value is -1.04. The Kier molecular flexibility index (Phi) is 6.38. The summed E-state index contributed by atoms with van der Waals surface area (Å²) in [7, 11) is 4.95. The van der Waals surface area contributed by atoms with Gasteiger partial charge in [0.1, 0.15) is 0 Å². The molecule has 0 radical (unpaired) electrons. The molecule has 0 aromatic heterocycles. The number of hydrogen-bond donors (Lipinski definition) is 0. The molecule has 0 aromatic rings. The molecule has 0 heterocycles. The van der Waals surface area contributed by atoms with Gasteiger partial charge in [0.05, 0.1) is 0 Å². The second kappa shape index (κ2) is 6.78. The summed E-state index contributed by atoms with van der Waals surface area (Å²) in [6, 6.07) is 0.164. The molecule has 18 heavy (non-hydrogen) atoms. The van der Waals surface area contributed by atoms with E-state index in [4.69, 9.17) is 0 Å². The molecular formula is C12H21F3N2O. The average Bonchev–Trinajstić information content (AvgIpc) is 2.26. The molecule has 0 aliphatic heterocycles. The molecule has 2 unspecified atom stereocenters. The van der Waals surface area contributed by atoms with E-state index in [9.17, 15) is 18.0 Å². The standard InChI is InChI=1S/C12H21F3N2O/c1-6-10(9(2)16(3)4)7-8-17(5)11(18)12(13,14)15/h6,9-10H,1,7-8H2,2-5H3. The van der Waals surface area contributed by atoms with Crippen LogP contribution in [-0.2, 0) is 4.79 Å². The van der Waals surface area contributed by atoms with Crippen LogP contribution < -0.4 is 0 Å². The molecule has 3 nitrogen and oxygen atoms in total. The van der Waals surface area contributed by atoms with Crippen LogP contribution in [0.4, 0.5) is 13.2 Å². The van der Waals surface area contributed by atoms with E-state index in [1.165, 1.54) is 0 Å². The van der Waals surface area contributed by atoms with Crippen molar-refractivity contribution in [1.82, 2.24) is 9.80 Å². The third-order valence-electron chi connectivity index (χ3n) is 3.12. The van der Waals surface area contributed by atoms with E-state index in [0.29, 0.717) is 11.3 Å². The molecule has 0 fully saturated rings. The highest BCUT2D eigenvalue weighted by Crippen LogP contribution is 2.19. The molecule has 0 N–H and O–H groups in total. The third-order valence-corrected chi connectivity index (χ3v) is 3.12. The van der Waals surface area contributed by atoms with Crippen molar-refractivity contribution in [2.24, 2.45) is 5.92 Å². The number of halogens is 3. The van der Waals surface area contributed by atoms with Gasteiger partial charge in [0.15, 0.2) is 0 Å². The van der Waals surface area contributed by atoms with Crippen LogP contribution >= 0.6 is 0 Å². The first-order valence-corrected chi connectivity index (χ1v) is 5.72. The van der Waals surface area contributed by atoms with Crippen molar-refractivity contribution in [2.45, 2.75) is 25.6 Å². The highest BCUT2D eigenvalue weighted by atomic mass is 19.4. The van der Waals surface area contributed by atoms with Gasteiger partial charge in [-0.05, 0) is 33.4 Å². The number of carbonyl (C=O) groups is 1. The van der Waals surface area contributed by atoms with Crippen molar-refractivity contribution in [3.63, 3.8) is 0 Å². The Morgan fingerprint density at radius 2 is 1.83 bits per heavy atom. The third kappa shape index (κ3) is 5.08. The number of hydrogen-bond acceptors (Lipinski definition) is 2. The summed E-state index contributed by atoms with van der Waals surface area (Å²) in [6.45, 7) is 5.72. The van der Waals surface area contributed by atoms with Gasteiger partial charge in [-0.25, -0.2) is 0 Å². The minimum Gasteiger partial charge on any atom is -0.338 e. The van der Waals surface area contributed by atoms with Crippen molar-refractivity contribution in [2.75, 3.05) is 27.7 Å². The SMILES string of the molecule is C=CC(CCN(C)C(=O)C(F)(F)F)C(C)N(C)C. The fraction of sp³-hybridized carbons (Fsp3) is 0.750. The highest BCUT2D eigenvalue weighted by Gasteiger charge is 2.41. The van der Waals surface area contributed by atoms with Gasteiger partial charge < -0.3 is 9.80 Å². The second-order valence-electron chi connectivity index (χ2n) is 4.62. The summed E-state index contributed by atoms with van der Waals surface area (Å²) in [5.41, 5.74) is 0. The molecule has 0 spiro atoms. The summed E-state index contributed by atoms with van der Waals surface area (Å²) in [6.07, 6.45) is -2.62. The maximum atomic E-state index is 12.2. The number of amides is 1. The van der Waals surface area contributed by atoms with Crippen LogP contribution in [0.5, 0.6) is 0 Å². The van der Waals surface area contributed by atoms with Crippen LogP contribution in [0.1, 0.15) is 13.3 Å². The molecule has 2 atom stereocenters. The lowest BCUT2D eigenvalue weighted by Crippen LogP contribution is -2.40.